The van der Waals surface area contributed by atoms with Gasteiger partial charge in [-0.1, -0.05) is 13.8 Å². The van der Waals surface area contributed by atoms with Gasteiger partial charge in [-0.15, -0.1) is 0 Å². The van der Waals surface area contributed by atoms with Crippen LogP contribution in [0.5, 0.6) is 5.75 Å². The van der Waals surface area contributed by atoms with Crippen LogP contribution in [0.3, 0.4) is 0 Å². The SMILES string of the molecule is CC(C)NCc1ccc(OC(C)C(N)=O)cn1. The summed E-state index contributed by atoms with van der Waals surface area (Å²) in [5.74, 6) is 0.0557. The third-order valence-corrected chi connectivity index (χ3v) is 2.20. The summed E-state index contributed by atoms with van der Waals surface area (Å²) in [7, 11) is 0. The lowest BCUT2D eigenvalue weighted by molar-refractivity contribution is -0.123. The van der Waals surface area contributed by atoms with Crippen LogP contribution in [0.2, 0.25) is 0 Å². The molecule has 1 unspecified atom stereocenters. The second kappa shape index (κ2) is 6.20. The van der Waals surface area contributed by atoms with E-state index in [9.17, 15) is 4.79 Å². The highest BCUT2D eigenvalue weighted by Gasteiger charge is 2.10. The molecule has 0 bridgehead atoms. The van der Waals surface area contributed by atoms with Crippen LogP contribution in [0.25, 0.3) is 0 Å². The van der Waals surface area contributed by atoms with Gasteiger partial charge in [-0.25, -0.2) is 0 Å². The molecule has 17 heavy (non-hydrogen) atoms. The molecule has 0 spiro atoms. The molecule has 94 valence electrons. The van der Waals surface area contributed by atoms with Gasteiger partial charge in [0.1, 0.15) is 5.75 Å². The van der Waals surface area contributed by atoms with Crippen LogP contribution in [0.15, 0.2) is 18.3 Å². The van der Waals surface area contributed by atoms with Gasteiger partial charge in [0.05, 0.1) is 11.9 Å². The first-order valence-corrected chi connectivity index (χ1v) is 5.63. The van der Waals surface area contributed by atoms with Gasteiger partial charge in [-0.3, -0.25) is 9.78 Å². The number of hydrogen-bond donors (Lipinski definition) is 2. The number of amides is 1. The van der Waals surface area contributed by atoms with E-state index in [0.717, 1.165) is 5.69 Å². The van der Waals surface area contributed by atoms with Crippen LogP contribution in [0.4, 0.5) is 0 Å². The molecule has 0 aliphatic heterocycles. The molecule has 0 saturated carbocycles. The van der Waals surface area contributed by atoms with Crippen molar-refractivity contribution in [3.63, 3.8) is 0 Å². The van der Waals surface area contributed by atoms with Crippen LogP contribution in [-0.2, 0) is 11.3 Å². The third kappa shape index (κ3) is 4.82. The molecule has 1 aromatic heterocycles. The summed E-state index contributed by atoms with van der Waals surface area (Å²) in [6.45, 7) is 6.47. The van der Waals surface area contributed by atoms with Gasteiger partial charge in [-0.2, -0.15) is 0 Å². The predicted molar refractivity (Wildman–Crippen MR) is 65.5 cm³/mol. The fourth-order valence-electron chi connectivity index (χ4n) is 1.16. The minimum absolute atomic E-state index is 0.419. The van der Waals surface area contributed by atoms with Crippen molar-refractivity contribution in [2.45, 2.75) is 39.5 Å². The average molecular weight is 237 g/mol. The number of rotatable bonds is 6. The Morgan fingerprint density at radius 2 is 2.18 bits per heavy atom. The van der Waals surface area contributed by atoms with Crippen molar-refractivity contribution in [1.82, 2.24) is 10.3 Å². The summed E-state index contributed by atoms with van der Waals surface area (Å²) >= 11 is 0. The van der Waals surface area contributed by atoms with Gasteiger partial charge in [-0.05, 0) is 19.1 Å². The van der Waals surface area contributed by atoms with Gasteiger partial charge in [0.25, 0.3) is 5.91 Å². The van der Waals surface area contributed by atoms with E-state index in [1.165, 1.54) is 0 Å². The number of nitrogens with two attached hydrogens (primary N) is 1. The van der Waals surface area contributed by atoms with E-state index in [4.69, 9.17) is 10.5 Å². The Bertz CT molecular complexity index is 363. The molecule has 0 fully saturated rings. The van der Waals surface area contributed by atoms with Crippen LogP contribution < -0.4 is 15.8 Å². The van der Waals surface area contributed by atoms with Gasteiger partial charge >= 0.3 is 0 Å². The standard InChI is InChI=1S/C12H19N3O2/c1-8(2)14-6-10-4-5-11(7-15-10)17-9(3)12(13)16/h4-5,7-9,14H,6H2,1-3H3,(H2,13,16). The number of pyridine rings is 1. The second-order valence-electron chi connectivity index (χ2n) is 4.18. The third-order valence-electron chi connectivity index (χ3n) is 2.20. The van der Waals surface area contributed by atoms with Crippen molar-refractivity contribution < 1.29 is 9.53 Å². The number of carbonyl (C=O) groups is 1. The minimum atomic E-state index is -0.642. The summed E-state index contributed by atoms with van der Waals surface area (Å²) < 4.78 is 5.30. The van der Waals surface area contributed by atoms with E-state index in [2.05, 4.69) is 24.1 Å². The Hall–Kier alpha value is -1.62. The smallest absolute Gasteiger partial charge is 0.258 e. The van der Waals surface area contributed by atoms with Gasteiger partial charge in [0.15, 0.2) is 6.10 Å². The van der Waals surface area contributed by atoms with Crippen molar-refractivity contribution in [2.24, 2.45) is 5.73 Å². The zero-order chi connectivity index (χ0) is 12.8. The highest BCUT2D eigenvalue weighted by atomic mass is 16.5. The highest BCUT2D eigenvalue weighted by molar-refractivity contribution is 5.78. The normalized spacial score (nSPS) is 12.5. The van der Waals surface area contributed by atoms with E-state index in [1.54, 1.807) is 19.2 Å². The summed E-state index contributed by atoms with van der Waals surface area (Å²) in [6.07, 6.45) is 0.952. The van der Waals surface area contributed by atoms with Crippen LogP contribution in [-0.4, -0.2) is 23.0 Å². The van der Waals surface area contributed by atoms with Crippen molar-refractivity contribution in [1.29, 1.82) is 0 Å². The molecule has 0 saturated heterocycles. The first kappa shape index (κ1) is 13.4. The molecule has 1 atom stereocenters. The number of hydrogen-bond acceptors (Lipinski definition) is 4. The molecule has 1 aromatic rings. The number of nitrogens with zero attached hydrogens (tertiary/aromatic N) is 1. The number of nitrogens with one attached hydrogen (secondary N) is 1. The Morgan fingerprint density at radius 3 is 2.65 bits per heavy atom. The van der Waals surface area contributed by atoms with E-state index in [0.29, 0.717) is 18.3 Å². The van der Waals surface area contributed by atoms with Gasteiger partial charge in [0, 0.05) is 12.6 Å². The topological polar surface area (TPSA) is 77.2 Å². The first-order valence-electron chi connectivity index (χ1n) is 5.63. The maximum atomic E-state index is 10.8. The van der Waals surface area contributed by atoms with Crippen molar-refractivity contribution >= 4 is 5.91 Å². The zero-order valence-corrected chi connectivity index (χ0v) is 10.4. The fraction of sp³-hybridized carbons (Fsp3) is 0.500. The minimum Gasteiger partial charge on any atom is -0.479 e. The summed E-state index contributed by atoms with van der Waals surface area (Å²) in [5, 5.41) is 3.26. The maximum Gasteiger partial charge on any atom is 0.258 e. The largest absolute Gasteiger partial charge is 0.479 e. The fourth-order valence-corrected chi connectivity index (χ4v) is 1.16. The molecule has 0 aromatic carbocycles. The van der Waals surface area contributed by atoms with Crippen LogP contribution in [0, 0.1) is 0 Å². The Morgan fingerprint density at radius 1 is 1.47 bits per heavy atom. The number of primary amides is 1. The average Bonchev–Trinajstić information content (AvgIpc) is 2.28. The molecule has 0 radical (unpaired) electrons. The molecular formula is C12H19N3O2. The zero-order valence-electron chi connectivity index (χ0n) is 10.4. The molecule has 0 aliphatic rings. The summed E-state index contributed by atoms with van der Waals surface area (Å²) in [4.78, 5) is 15.0. The van der Waals surface area contributed by atoms with Gasteiger partial charge in [0.2, 0.25) is 0 Å². The molecule has 1 heterocycles. The Labute approximate surface area is 101 Å². The molecule has 5 heteroatoms. The maximum absolute atomic E-state index is 10.8. The summed E-state index contributed by atoms with van der Waals surface area (Å²) in [6, 6.07) is 4.06. The second-order valence-corrected chi connectivity index (χ2v) is 4.18. The molecule has 5 nitrogen and oxygen atoms in total. The number of ether oxygens (including phenoxy) is 1. The quantitative estimate of drug-likeness (QED) is 0.768. The van der Waals surface area contributed by atoms with E-state index in [-0.39, 0.29) is 0 Å². The molecule has 0 aliphatic carbocycles. The van der Waals surface area contributed by atoms with Gasteiger partial charge < -0.3 is 15.8 Å². The molecular weight excluding hydrogens is 218 g/mol. The Balaban J connectivity index is 2.53. The molecule has 1 rings (SSSR count). The lowest BCUT2D eigenvalue weighted by Crippen LogP contribution is -2.30. The summed E-state index contributed by atoms with van der Waals surface area (Å²) in [5.41, 5.74) is 6.03. The first-order chi connectivity index (χ1) is 7.99. The highest BCUT2D eigenvalue weighted by Crippen LogP contribution is 2.11. The number of aromatic nitrogens is 1. The predicted octanol–water partition coefficient (Wildman–Crippen LogP) is 0.832. The lowest BCUT2D eigenvalue weighted by Gasteiger charge is -2.11. The molecule has 1 amide bonds. The van der Waals surface area contributed by atoms with Crippen molar-refractivity contribution in [3.05, 3.63) is 24.0 Å². The van der Waals surface area contributed by atoms with Crippen LogP contribution in [0.1, 0.15) is 26.5 Å². The van der Waals surface area contributed by atoms with Crippen molar-refractivity contribution in [2.75, 3.05) is 0 Å². The van der Waals surface area contributed by atoms with Crippen molar-refractivity contribution in [3.8, 4) is 5.75 Å². The van der Waals surface area contributed by atoms with E-state index >= 15 is 0 Å². The van der Waals surface area contributed by atoms with E-state index in [1.807, 2.05) is 6.07 Å². The molecule has 3 N–H and O–H groups in total. The van der Waals surface area contributed by atoms with Crippen LogP contribution >= 0.6 is 0 Å². The van der Waals surface area contributed by atoms with E-state index < -0.39 is 12.0 Å². The lowest BCUT2D eigenvalue weighted by atomic mass is 10.3. The Kier molecular flexibility index (Phi) is 4.90. The number of carbonyl (C=O) groups excluding carboxylic acids is 1. The monoisotopic (exact) mass is 237 g/mol.